The number of nitrogens with one attached hydrogen (secondary N) is 1. The van der Waals surface area contributed by atoms with Crippen LogP contribution in [0.15, 0.2) is 35.4 Å². The number of rotatable bonds is 6. The molecule has 0 saturated carbocycles. The highest BCUT2D eigenvalue weighted by molar-refractivity contribution is 6.17. The lowest BCUT2D eigenvalue weighted by molar-refractivity contribution is -0.167. The van der Waals surface area contributed by atoms with Gasteiger partial charge in [-0.3, -0.25) is 9.59 Å². The van der Waals surface area contributed by atoms with Crippen LogP contribution < -0.4 is 5.32 Å². The lowest BCUT2D eigenvalue weighted by atomic mass is 9.76. The Balaban J connectivity index is 2.06. The number of aliphatic hydroxyl groups excluding tert-OH is 1. The summed E-state index contributed by atoms with van der Waals surface area (Å²) in [5.41, 5.74) is -2.10. The van der Waals surface area contributed by atoms with Gasteiger partial charge in [0.05, 0.1) is 18.8 Å². The van der Waals surface area contributed by atoms with Crippen molar-refractivity contribution in [2.45, 2.75) is 38.5 Å². The van der Waals surface area contributed by atoms with Gasteiger partial charge in [0.1, 0.15) is 5.82 Å². The van der Waals surface area contributed by atoms with Gasteiger partial charge < -0.3 is 24.8 Å². The van der Waals surface area contributed by atoms with Crippen molar-refractivity contribution in [3.8, 4) is 0 Å². The van der Waals surface area contributed by atoms with E-state index in [-0.39, 0.29) is 43.9 Å². The molecule has 0 aromatic heterocycles. The van der Waals surface area contributed by atoms with E-state index < -0.39 is 41.2 Å². The molecule has 2 aliphatic heterocycles. The maximum atomic E-state index is 13.2. The summed E-state index contributed by atoms with van der Waals surface area (Å²) in [5, 5.41) is 12.7. The Morgan fingerprint density at radius 1 is 1.16 bits per heavy atom. The molecule has 31 heavy (non-hydrogen) atoms. The lowest BCUT2D eigenvalue weighted by Crippen LogP contribution is -2.69. The van der Waals surface area contributed by atoms with Gasteiger partial charge in [0.2, 0.25) is 0 Å². The number of benzene rings is 1. The van der Waals surface area contributed by atoms with Gasteiger partial charge in [-0.15, -0.1) is 0 Å². The van der Waals surface area contributed by atoms with Gasteiger partial charge in [0.15, 0.2) is 6.10 Å². The Kier molecular flexibility index (Phi) is 6.40. The normalized spacial score (nSPS) is 20.1. The maximum absolute atomic E-state index is 13.2. The van der Waals surface area contributed by atoms with Crippen LogP contribution in [-0.4, -0.2) is 65.2 Å². The van der Waals surface area contributed by atoms with E-state index >= 15 is 0 Å². The third kappa shape index (κ3) is 3.90. The zero-order chi connectivity index (χ0) is 22.8. The Morgan fingerprint density at radius 3 is 2.29 bits per heavy atom. The van der Waals surface area contributed by atoms with Gasteiger partial charge in [0, 0.05) is 13.1 Å². The summed E-state index contributed by atoms with van der Waals surface area (Å²) < 4.78 is 23.2. The number of esters is 2. The second kappa shape index (κ2) is 8.84. The smallest absolute Gasteiger partial charge is 0.348 e. The van der Waals surface area contributed by atoms with Crippen molar-refractivity contribution in [1.29, 1.82) is 0 Å². The highest BCUT2D eigenvalue weighted by Gasteiger charge is 2.60. The second-order valence-corrected chi connectivity index (χ2v) is 7.08. The number of nitrogens with zero attached hydrogens (tertiary/aromatic N) is 1. The molecule has 1 atom stereocenters. The molecular formula is C21H23FN2O7. The number of carbonyl (C=O) groups is 4. The molecule has 0 aliphatic carbocycles. The summed E-state index contributed by atoms with van der Waals surface area (Å²) >= 11 is 0. The van der Waals surface area contributed by atoms with Crippen molar-refractivity contribution in [1.82, 2.24) is 10.2 Å². The van der Waals surface area contributed by atoms with Crippen LogP contribution in [0.4, 0.5) is 4.39 Å². The van der Waals surface area contributed by atoms with Crippen LogP contribution >= 0.6 is 0 Å². The highest BCUT2D eigenvalue weighted by Crippen LogP contribution is 2.37. The van der Waals surface area contributed by atoms with Gasteiger partial charge in [0.25, 0.3) is 17.4 Å². The molecule has 1 aromatic carbocycles. The van der Waals surface area contributed by atoms with Crippen LogP contribution in [0.3, 0.4) is 0 Å². The molecule has 10 heteroatoms. The Bertz CT molecular complexity index is 924. The molecule has 2 amide bonds. The largest absolute Gasteiger partial charge is 0.464 e. The summed E-state index contributed by atoms with van der Waals surface area (Å²) in [6.45, 7) is 3.09. The number of carbonyl (C=O) groups excluding carboxylic acids is 4. The van der Waals surface area contributed by atoms with Crippen molar-refractivity contribution in [3.63, 3.8) is 0 Å². The van der Waals surface area contributed by atoms with E-state index in [1.807, 2.05) is 0 Å². The van der Waals surface area contributed by atoms with E-state index in [4.69, 9.17) is 9.47 Å². The number of halogens is 1. The standard InChI is InChI=1S/C21H23FN2O7/c1-3-30-19(28)21(20(29)31-4-2)14-9-10-24(11-12-5-7-13(22)8-6-12)18(27)15(14)16(25)17(26)23-21/h5-8,16,25H,3-4,9-11H2,1-2H3,(H,23,26). The van der Waals surface area contributed by atoms with Crippen LogP contribution in [0, 0.1) is 5.82 Å². The van der Waals surface area contributed by atoms with Crippen molar-refractivity contribution in [2.24, 2.45) is 0 Å². The van der Waals surface area contributed by atoms with Crippen molar-refractivity contribution in [2.75, 3.05) is 19.8 Å². The van der Waals surface area contributed by atoms with Crippen LogP contribution in [0.25, 0.3) is 0 Å². The minimum Gasteiger partial charge on any atom is -0.464 e. The van der Waals surface area contributed by atoms with E-state index in [9.17, 15) is 28.7 Å². The SMILES string of the molecule is CCOC(=O)C1(C(=O)OCC)NC(=O)C(O)C2=C1CCN(Cc1ccc(F)cc1)C2=O. The van der Waals surface area contributed by atoms with Gasteiger partial charge in [-0.05, 0) is 43.5 Å². The monoisotopic (exact) mass is 434 g/mol. The predicted octanol–water partition coefficient (Wildman–Crippen LogP) is 0.210. The summed E-state index contributed by atoms with van der Waals surface area (Å²) in [6.07, 6.45) is -1.85. The Hall–Kier alpha value is -3.27. The molecule has 2 heterocycles. The topological polar surface area (TPSA) is 122 Å². The molecule has 166 valence electrons. The molecule has 2 aliphatic rings. The first-order chi connectivity index (χ1) is 14.8. The quantitative estimate of drug-likeness (QED) is 0.485. The molecule has 1 unspecified atom stereocenters. The molecule has 0 fully saturated rings. The van der Waals surface area contributed by atoms with Gasteiger partial charge >= 0.3 is 11.9 Å². The summed E-state index contributed by atoms with van der Waals surface area (Å²) in [6, 6.07) is 5.53. The first-order valence-electron chi connectivity index (χ1n) is 9.88. The van der Waals surface area contributed by atoms with Crippen LogP contribution in [-0.2, 0) is 35.2 Å². The maximum Gasteiger partial charge on any atom is 0.348 e. The zero-order valence-corrected chi connectivity index (χ0v) is 17.1. The lowest BCUT2D eigenvalue weighted by Gasteiger charge is -2.42. The third-order valence-corrected chi connectivity index (χ3v) is 5.21. The van der Waals surface area contributed by atoms with E-state index in [1.165, 1.54) is 43.0 Å². The average Bonchev–Trinajstić information content (AvgIpc) is 2.74. The van der Waals surface area contributed by atoms with E-state index in [0.29, 0.717) is 5.56 Å². The van der Waals surface area contributed by atoms with Crippen molar-refractivity contribution >= 4 is 23.8 Å². The summed E-state index contributed by atoms with van der Waals surface area (Å²) in [7, 11) is 0. The van der Waals surface area contributed by atoms with Gasteiger partial charge in [-0.2, -0.15) is 0 Å². The van der Waals surface area contributed by atoms with Crippen molar-refractivity contribution in [3.05, 3.63) is 46.8 Å². The van der Waals surface area contributed by atoms with Crippen LogP contribution in [0.1, 0.15) is 25.8 Å². The fraction of sp³-hybridized carbons (Fsp3) is 0.429. The Labute approximate surface area is 177 Å². The molecule has 2 N–H and O–H groups in total. The van der Waals surface area contributed by atoms with Crippen molar-refractivity contribution < 1.29 is 38.1 Å². The molecule has 9 nitrogen and oxygen atoms in total. The molecular weight excluding hydrogens is 411 g/mol. The number of amides is 2. The number of aliphatic hydroxyl groups is 1. The van der Waals surface area contributed by atoms with E-state index in [2.05, 4.69) is 5.32 Å². The number of hydrogen-bond donors (Lipinski definition) is 2. The molecule has 0 radical (unpaired) electrons. The predicted molar refractivity (Wildman–Crippen MR) is 104 cm³/mol. The number of hydrogen-bond acceptors (Lipinski definition) is 7. The average molecular weight is 434 g/mol. The molecule has 0 saturated heterocycles. The second-order valence-electron chi connectivity index (χ2n) is 7.08. The summed E-state index contributed by atoms with van der Waals surface area (Å²) in [5.74, 6) is -4.38. The minimum absolute atomic E-state index is 0.0111. The van der Waals surface area contributed by atoms with Gasteiger partial charge in [-0.1, -0.05) is 12.1 Å². The highest BCUT2D eigenvalue weighted by atomic mass is 19.1. The fourth-order valence-electron chi connectivity index (χ4n) is 3.79. The fourth-order valence-corrected chi connectivity index (χ4v) is 3.79. The first kappa shape index (κ1) is 22.4. The van der Waals surface area contributed by atoms with E-state index in [1.54, 1.807) is 0 Å². The van der Waals surface area contributed by atoms with Crippen LogP contribution in [0.5, 0.6) is 0 Å². The third-order valence-electron chi connectivity index (χ3n) is 5.21. The number of ether oxygens (including phenoxy) is 2. The minimum atomic E-state index is -2.34. The molecule has 0 bridgehead atoms. The first-order valence-corrected chi connectivity index (χ1v) is 9.88. The zero-order valence-electron chi connectivity index (χ0n) is 17.1. The molecule has 3 rings (SSSR count). The summed E-state index contributed by atoms with van der Waals surface area (Å²) in [4.78, 5) is 52.7. The molecule has 0 spiro atoms. The Morgan fingerprint density at radius 2 is 1.74 bits per heavy atom. The van der Waals surface area contributed by atoms with Crippen LogP contribution in [0.2, 0.25) is 0 Å². The van der Waals surface area contributed by atoms with E-state index in [0.717, 1.165) is 0 Å². The van der Waals surface area contributed by atoms with Gasteiger partial charge in [-0.25, -0.2) is 14.0 Å². The molecule has 1 aromatic rings.